The summed E-state index contributed by atoms with van der Waals surface area (Å²) in [7, 11) is 1.57. The third-order valence-electron chi connectivity index (χ3n) is 3.67. The smallest absolute Gasteiger partial charge is 0.143 e. The lowest BCUT2D eigenvalue weighted by atomic mass is 10.1. The Morgan fingerprint density at radius 2 is 2.15 bits per heavy atom. The van der Waals surface area contributed by atoms with Crippen molar-refractivity contribution < 1.29 is 13.9 Å². The minimum Gasteiger partial charge on any atom is -0.497 e. The van der Waals surface area contributed by atoms with E-state index in [9.17, 15) is 4.39 Å². The van der Waals surface area contributed by atoms with Gasteiger partial charge in [0.2, 0.25) is 0 Å². The Kier molecular flexibility index (Phi) is 3.69. The summed E-state index contributed by atoms with van der Waals surface area (Å²) in [6, 6.07) is 5.03. The number of hydrogen-bond acceptors (Lipinski definition) is 3. The fraction of sp³-hybridized carbons (Fsp3) is 0.400. The number of rotatable bonds is 3. The molecule has 1 aliphatic heterocycles. The van der Waals surface area contributed by atoms with Crippen molar-refractivity contribution >= 4 is 0 Å². The molecular weight excluding hydrogens is 259 g/mol. The zero-order valence-electron chi connectivity index (χ0n) is 11.4. The molecule has 1 aliphatic rings. The van der Waals surface area contributed by atoms with Crippen LogP contribution in [0.1, 0.15) is 18.9 Å². The predicted octanol–water partition coefficient (Wildman–Crippen LogP) is 3.05. The van der Waals surface area contributed by atoms with Crippen LogP contribution in [-0.2, 0) is 4.74 Å². The third-order valence-corrected chi connectivity index (χ3v) is 3.67. The number of imidazole rings is 1. The standard InChI is InChI=1S/C15H17FN2O2/c1-19-12-2-3-14(16)13(10-12)15-17-6-7-18(15)11-4-8-20-9-5-11/h2-3,6-7,10-11H,4-5,8-9H2,1H3. The Labute approximate surface area is 117 Å². The van der Waals surface area contributed by atoms with Crippen LogP contribution in [0.5, 0.6) is 5.75 Å². The minimum atomic E-state index is -0.287. The molecule has 1 aromatic carbocycles. The maximum absolute atomic E-state index is 14.1. The fourth-order valence-corrected chi connectivity index (χ4v) is 2.58. The summed E-state index contributed by atoms with van der Waals surface area (Å²) < 4.78 is 26.7. The molecule has 0 unspecified atom stereocenters. The molecule has 0 aliphatic carbocycles. The Hall–Kier alpha value is -1.88. The van der Waals surface area contributed by atoms with Crippen LogP contribution in [-0.4, -0.2) is 29.9 Å². The molecule has 0 radical (unpaired) electrons. The van der Waals surface area contributed by atoms with Gasteiger partial charge in [0.05, 0.1) is 12.7 Å². The lowest BCUT2D eigenvalue weighted by Crippen LogP contribution is -2.19. The van der Waals surface area contributed by atoms with E-state index in [1.165, 1.54) is 6.07 Å². The van der Waals surface area contributed by atoms with Gasteiger partial charge in [-0.05, 0) is 31.0 Å². The molecule has 0 spiro atoms. The summed E-state index contributed by atoms with van der Waals surface area (Å²) in [6.45, 7) is 1.48. The molecule has 4 nitrogen and oxygen atoms in total. The fourth-order valence-electron chi connectivity index (χ4n) is 2.58. The highest BCUT2D eigenvalue weighted by atomic mass is 19.1. The zero-order valence-corrected chi connectivity index (χ0v) is 11.4. The molecule has 106 valence electrons. The molecule has 20 heavy (non-hydrogen) atoms. The molecule has 0 amide bonds. The number of halogens is 1. The SMILES string of the molecule is COc1ccc(F)c(-c2nccn2C2CCOCC2)c1. The van der Waals surface area contributed by atoms with Crippen LogP contribution in [0.3, 0.4) is 0 Å². The van der Waals surface area contributed by atoms with E-state index >= 15 is 0 Å². The van der Waals surface area contributed by atoms with Crippen molar-refractivity contribution in [2.75, 3.05) is 20.3 Å². The van der Waals surface area contributed by atoms with Gasteiger partial charge >= 0.3 is 0 Å². The van der Waals surface area contributed by atoms with Crippen LogP contribution in [0.25, 0.3) is 11.4 Å². The van der Waals surface area contributed by atoms with E-state index in [-0.39, 0.29) is 5.82 Å². The summed E-state index contributed by atoms with van der Waals surface area (Å²) >= 11 is 0. The van der Waals surface area contributed by atoms with Crippen LogP contribution in [0.4, 0.5) is 4.39 Å². The predicted molar refractivity (Wildman–Crippen MR) is 73.3 cm³/mol. The van der Waals surface area contributed by atoms with Crippen LogP contribution in [0.2, 0.25) is 0 Å². The average Bonchev–Trinajstić information content (AvgIpc) is 2.98. The molecule has 0 saturated carbocycles. The zero-order chi connectivity index (χ0) is 13.9. The summed E-state index contributed by atoms with van der Waals surface area (Å²) in [4.78, 5) is 4.32. The van der Waals surface area contributed by atoms with Crippen molar-refractivity contribution in [1.29, 1.82) is 0 Å². The number of methoxy groups -OCH3 is 1. The van der Waals surface area contributed by atoms with Crippen LogP contribution in [0, 0.1) is 5.82 Å². The Morgan fingerprint density at radius 1 is 1.35 bits per heavy atom. The molecule has 2 heterocycles. The van der Waals surface area contributed by atoms with Gasteiger partial charge in [-0.25, -0.2) is 9.37 Å². The van der Waals surface area contributed by atoms with Gasteiger partial charge in [0.15, 0.2) is 0 Å². The van der Waals surface area contributed by atoms with Crippen LogP contribution >= 0.6 is 0 Å². The molecule has 0 bridgehead atoms. The summed E-state index contributed by atoms with van der Waals surface area (Å²) in [5.74, 6) is 0.988. The van der Waals surface area contributed by atoms with E-state index in [1.54, 1.807) is 25.4 Å². The molecule has 1 fully saturated rings. The van der Waals surface area contributed by atoms with E-state index in [2.05, 4.69) is 4.98 Å². The van der Waals surface area contributed by atoms with Gasteiger partial charge in [0.25, 0.3) is 0 Å². The van der Waals surface area contributed by atoms with Crippen molar-refractivity contribution in [3.8, 4) is 17.1 Å². The third kappa shape index (κ3) is 2.41. The largest absolute Gasteiger partial charge is 0.497 e. The second-order valence-electron chi connectivity index (χ2n) is 4.85. The number of hydrogen-bond donors (Lipinski definition) is 0. The van der Waals surface area contributed by atoms with Crippen LogP contribution < -0.4 is 4.74 Å². The monoisotopic (exact) mass is 276 g/mol. The van der Waals surface area contributed by atoms with Gasteiger partial charge in [-0.15, -0.1) is 0 Å². The van der Waals surface area contributed by atoms with Crippen molar-refractivity contribution in [3.05, 3.63) is 36.4 Å². The second-order valence-corrected chi connectivity index (χ2v) is 4.85. The number of benzene rings is 1. The molecule has 1 aromatic heterocycles. The van der Waals surface area contributed by atoms with Crippen molar-refractivity contribution in [2.24, 2.45) is 0 Å². The number of nitrogens with zero attached hydrogens (tertiary/aromatic N) is 2. The number of aromatic nitrogens is 2. The van der Waals surface area contributed by atoms with Crippen molar-refractivity contribution in [2.45, 2.75) is 18.9 Å². The van der Waals surface area contributed by atoms with E-state index in [0.29, 0.717) is 23.2 Å². The van der Waals surface area contributed by atoms with Gasteiger partial charge in [0, 0.05) is 31.6 Å². The van der Waals surface area contributed by atoms with Crippen molar-refractivity contribution in [1.82, 2.24) is 9.55 Å². The molecular formula is C15H17FN2O2. The molecule has 0 atom stereocenters. The second kappa shape index (κ2) is 5.63. The lowest BCUT2D eigenvalue weighted by Gasteiger charge is -2.25. The Bertz CT molecular complexity index is 591. The van der Waals surface area contributed by atoms with Gasteiger partial charge in [-0.2, -0.15) is 0 Å². The van der Waals surface area contributed by atoms with Gasteiger partial charge in [0.1, 0.15) is 17.4 Å². The Balaban J connectivity index is 2.00. The highest BCUT2D eigenvalue weighted by Gasteiger charge is 2.20. The Morgan fingerprint density at radius 3 is 2.90 bits per heavy atom. The minimum absolute atomic E-state index is 0.287. The van der Waals surface area contributed by atoms with Gasteiger partial charge < -0.3 is 14.0 Å². The number of ether oxygens (including phenoxy) is 2. The van der Waals surface area contributed by atoms with E-state index in [1.807, 2.05) is 10.8 Å². The molecule has 5 heteroatoms. The average molecular weight is 276 g/mol. The molecule has 2 aromatic rings. The van der Waals surface area contributed by atoms with Crippen molar-refractivity contribution in [3.63, 3.8) is 0 Å². The first-order chi connectivity index (χ1) is 9.79. The van der Waals surface area contributed by atoms with E-state index < -0.39 is 0 Å². The normalized spacial score (nSPS) is 16.3. The first-order valence-electron chi connectivity index (χ1n) is 6.74. The van der Waals surface area contributed by atoms with E-state index in [0.717, 1.165) is 26.1 Å². The quantitative estimate of drug-likeness (QED) is 0.864. The lowest BCUT2D eigenvalue weighted by molar-refractivity contribution is 0.0700. The molecule has 3 rings (SSSR count). The molecule has 1 saturated heterocycles. The first-order valence-corrected chi connectivity index (χ1v) is 6.74. The summed E-state index contributed by atoms with van der Waals surface area (Å²) in [5.41, 5.74) is 0.473. The highest BCUT2D eigenvalue weighted by molar-refractivity contribution is 5.59. The van der Waals surface area contributed by atoms with Crippen LogP contribution in [0.15, 0.2) is 30.6 Å². The summed E-state index contributed by atoms with van der Waals surface area (Å²) in [6.07, 6.45) is 5.47. The summed E-state index contributed by atoms with van der Waals surface area (Å²) in [5, 5.41) is 0. The highest BCUT2D eigenvalue weighted by Crippen LogP contribution is 2.30. The topological polar surface area (TPSA) is 36.3 Å². The molecule has 0 N–H and O–H groups in total. The maximum Gasteiger partial charge on any atom is 0.143 e. The first kappa shape index (κ1) is 13.1. The maximum atomic E-state index is 14.1. The van der Waals surface area contributed by atoms with Gasteiger partial charge in [-0.3, -0.25) is 0 Å². The van der Waals surface area contributed by atoms with E-state index in [4.69, 9.17) is 9.47 Å². The van der Waals surface area contributed by atoms with Gasteiger partial charge in [-0.1, -0.05) is 0 Å².